The van der Waals surface area contributed by atoms with Gasteiger partial charge in [0.1, 0.15) is 11.5 Å². The molecule has 1 fully saturated rings. The van der Waals surface area contributed by atoms with Crippen molar-refractivity contribution in [1.82, 2.24) is 0 Å². The molecule has 0 aliphatic heterocycles. The molecule has 0 aromatic heterocycles. The third kappa shape index (κ3) is 2.42. The Labute approximate surface area is 113 Å². The van der Waals surface area contributed by atoms with Crippen LogP contribution in [-0.4, -0.2) is 6.54 Å². The van der Waals surface area contributed by atoms with Gasteiger partial charge in [-0.05, 0) is 54.8 Å². The molecule has 2 aromatic rings. The van der Waals surface area contributed by atoms with Crippen molar-refractivity contribution in [3.05, 3.63) is 54.1 Å². The first-order valence-electron chi connectivity index (χ1n) is 6.56. The summed E-state index contributed by atoms with van der Waals surface area (Å²) >= 11 is 0. The second-order valence-corrected chi connectivity index (χ2v) is 5.18. The highest BCUT2D eigenvalue weighted by Gasteiger charge is 2.42. The molecule has 3 nitrogen and oxygen atoms in total. The van der Waals surface area contributed by atoms with Gasteiger partial charge < -0.3 is 16.2 Å². The third-order valence-corrected chi connectivity index (χ3v) is 3.83. The average Bonchev–Trinajstić information content (AvgIpc) is 3.23. The van der Waals surface area contributed by atoms with Gasteiger partial charge in [0.2, 0.25) is 0 Å². The maximum atomic E-state index is 5.83. The molecule has 0 spiro atoms. The van der Waals surface area contributed by atoms with Crippen molar-refractivity contribution < 1.29 is 4.74 Å². The Morgan fingerprint density at radius 3 is 1.89 bits per heavy atom. The Morgan fingerprint density at radius 2 is 1.42 bits per heavy atom. The van der Waals surface area contributed by atoms with Crippen LogP contribution < -0.4 is 16.2 Å². The molecule has 1 aliphatic rings. The van der Waals surface area contributed by atoms with E-state index in [9.17, 15) is 0 Å². The summed E-state index contributed by atoms with van der Waals surface area (Å²) in [6.07, 6.45) is 2.39. The molecule has 4 N–H and O–H groups in total. The van der Waals surface area contributed by atoms with Gasteiger partial charge in [-0.1, -0.05) is 12.1 Å². The number of nitrogen functional groups attached to an aromatic ring is 1. The predicted octanol–water partition coefficient (Wildman–Crippen LogP) is 3.05. The topological polar surface area (TPSA) is 61.3 Å². The van der Waals surface area contributed by atoms with Crippen LogP contribution in [0.4, 0.5) is 5.69 Å². The summed E-state index contributed by atoms with van der Waals surface area (Å²) in [6.45, 7) is 0.727. The van der Waals surface area contributed by atoms with Crippen molar-refractivity contribution >= 4 is 5.69 Å². The molecular weight excluding hydrogens is 236 g/mol. The summed E-state index contributed by atoms with van der Waals surface area (Å²) in [4.78, 5) is 0. The van der Waals surface area contributed by atoms with Crippen LogP contribution in [0, 0.1) is 0 Å². The van der Waals surface area contributed by atoms with Crippen LogP contribution in [0.1, 0.15) is 18.4 Å². The summed E-state index contributed by atoms with van der Waals surface area (Å²) in [5.74, 6) is 1.63. The molecule has 1 saturated carbocycles. The first-order chi connectivity index (χ1) is 9.22. The first-order valence-corrected chi connectivity index (χ1v) is 6.56. The number of rotatable bonds is 4. The van der Waals surface area contributed by atoms with E-state index < -0.39 is 0 Å². The van der Waals surface area contributed by atoms with E-state index in [1.807, 2.05) is 36.4 Å². The number of hydrogen-bond donors (Lipinski definition) is 2. The molecule has 2 aromatic carbocycles. The molecule has 98 valence electrons. The van der Waals surface area contributed by atoms with E-state index in [-0.39, 0.29) is 5.41 Å². The predicted molar refractivity (Wildman–Crippen MR) is 77.3 cm³/mol. The number of benzene rings is 2. The van der Waals surface area contributed by atoms with Crippen molar-refractivity contribution in [3.63, 3.8) is 0 Å². The van der Waals surface area contributed by atoms with Crippen LogP contribution >= 0.6 is 0 Å². The van der Waals surface area contributed by atoms with Crippen molar-refractivity contribution in [2.24, 2.45) is 5.73 Å². The second-order valence-electron chi connectivity index (χ2n) is 5.18. The smallest absolute Gasteiger partial charge is 0.127 e. The highest BCUT2D eigenvalue weighted by Crippen LogP contribution is 2.47. The maximum Gasteiger partial charge on any atom is 0.127 e. The lowest BCUT2D eigenvalue weighted by molar-refractivity contribution is 0.482. The molecule has 0 atom stereocenters. The minimum Gasteiger partial charge on any atom is -0.457 e. The average molecular weight is 254 g/mol. The molecule has 0 amide bonds. The summed E-state index contributed by atoms with van der Waals surface area (Å²) < 4.78 is 5.77. The third-order valence-electron chi connectivity index (χ3n) is 3.83. The van der Waals surface area contributed by atoms with Gasteiger partial charge >= 0.3 is 0 Å². The van der Waals surface area contributed by atoms with Crippen LogP contribution in [0.3, 0.4) is 0 Å². The van der Waals surface area contributed by atoms with Gasteiger partial charge in [-0.3, -0.25) is 0 Å². The van der Waals surface area contributed by atoms with Crippen molar-refractivity contribution in [2.75, 3.05) is 12.3 Å². The molecule has 0 unspecified atom stereocenters. The molecule has 0 radical (unpaired) electrons. The zero-order chi connectivity index (χ0) is 13.3. The van der Waals surface area contributed by atoms with Crippen molar-refractivity contribution in [1.29, 1.82) is 0 Å². The molecule has 0 heterocycles. The molecule has 3 rings (SSSR count). The molecule has 19 heavy (non-hydrogen) atoms. The Hall–Kier alpha value is -2.00. The zero-order valence-electron chi connectivity index (χ0n) is 10.8. The number of anilines is 1. The quantitative estimate of drug-likeness (QED) is 0.824. The molecule has 3 heteroatoms. The van der Waals surface area contributed by atoms with Crippen LogP contribution in [0.15, 0.2) is 48.5 Å². The summed E-state index contributed by atoms with van der Waals surface area (Å²) in [5.41, 5.74) is 13.8. The molecule has 0 bridgehead atoms. The standard InChI is InChI=1S/C16H18N2O/c17-11-16(9-10-16)12-1-5-14(6-2-12)19-15-7-3-13(18)4-8-15/h1-8H,9-11,17-18H2. The highest BCUT2D eigenvalue weighted by molar-refractivity contribution is 5.43. The Kier molecular flexibility index (Phi) is 2.91. The van der Waals surface area contributed by atoms with E-state index in [0.29, 0.717) is 0 Å². The lowest BCUT2D eigenvalue weighted by atomic mass is 9.96. The highest BCUT2D eigenvalue weighted by atomic mass is 16.5. The van der Waals surface area contributed by atoms with E-state index >= 15 is 0 Å². The van der Waals surface area contributed by atoms with Gasteiger partial charge in [-0.2, -0.15) is 0 Å². The van der Waals surface area contributed by atoms with E-state index in [1.165, 1.54) is 18.4 Å². The second kappa shape index (κ2) is 4.59. The fourth-order valence-corrected chi connectivity index (χ4v) is 2.31. The zero-order valence-corrected chi connectivity index (χ0v) is 10.8. The number of ether oxygens (including phenoxy) is 1. The fourth-order valence-electron chi connectivity index (χ4n) is 2.31. The fraction of sp³-hybridized carbons (Fsp3) is 0.250. The minimum atomic E-state index is 0.236. The minimum absolute atomic E-state index is 0.236. The summed E-state index contributed by atoms with van der Waals surface area (Å²) in [5, 5.41) is 0. The lowest BCUT2D eigenvalue weighted by Gasteiger charge is -2.13. The SMILES string of the molecule is NCC1(c2ccc(Oc3ccc(N)cc3)cc2)CC1. The van der Waals surface area contributed by atoms with E-state index in [0.717, 1.165) is 23.7 Å². The summed E-state index contributed by atoms with van der Waals surface area (Å²) in [7, 11) is 0. The maximum absolute atomic E-state index is 5.83. The van der Waals surface area contributed by atoms with E-state index in [4.69, 9.17) is 16.2 Å². The van der Waals surface area contributed by atoms with Crippen LogP contribution in [-0.2, 0) is 5.41 Å². The van der Waals surface area contributed by atoms with Crippen LogP contribution in [0.2, 0.25) is 0 Å². The van der Waals surface area contributed by atoms with Gasteiger partial charge in [0.25, 0.3) is 0 Å². The lowest BCUT2D eigenvalue weighted by Crippen LogP contribution is -2.19. The first kappa shape index (κ1) is 12.1. The van der Waals surface area contributed by atoms with Gasteiger partial charge in [0.15, 0.2) is 0 Å². The van der Waals surface area contributed by atoms with Gasteiger partial charge in [0.05, 0.1) is 0 Å². The van der Waals surface area contributed by atoms with E-state index in [1.54, 1.807) is 0 Å². The van der Waals surface area contributed by atoms with Gasteiger partial charge in [-0.25, -0.2) is 0 Å². The number of nitrogens with two attached hydrogens (primary N) is 2. The number of hydrogen-bond acceptors (Lipinski definition) is 3. The largest absolute Gasteiger partial charge is 0.457 e. The van der Waals surface area contributed by atoms with Crippen molar-refractivity contribution in [3.8, 4) is 11.5 Å². The molecule has 0 saturated heterocycles. The molecular formula is C16H18N2O. The van der Waals surface area contributed by atoms with Crippen LogP contribution in [0.5, 0.6) is 11.5 Å². The Balaban J connectivity index is 1.74. The normalized spacial score (nSPS) is 16.1. The van der Waals surface area contributed by atoms with Gasteiger partial charge in [-0.15, -0.1) is 0 Å². The van der Waals surface area contributed by atoms with Gasteiger partial charge in [0, 0.05) is 17.6 Å². The van der Waals surface area contributed by atoms with E-state index in [2.05, 4.69) is 12.1 Å². The molecule has 1 aliphatic carbocycles. The van der Waals surface area contributed by atoms with Crippen LogP contribution in [0.25, 0.3) is 0 Å². The Bertz CT molecular complexity index is 556. The Morgan fingerprint density at radius 1 is 0.895 bits per heavy atom. The van der Waals surface area contributed by atoms with Crippen molar-refractivity contribution in [2.45, 2.75) is 18.3 Å². The summed E-state index contributed by atoms with van der Waals surface area (Å²) in [6, 6.07) is 15.6. The monoisotopic (exact) mass is 254 g/mol.